The number of carbonyl (C=O) groups is 1. The van der Waals surface area contributed by atoms with Crippen molar-refractivity contribution in [2.75, 3.05) is 19.6 Å². The lowest BCUT2D eigenvalue weighted by Gasteiger charge is -2.17. The molecule has 0 N–H and O–H groups in total. The Hall–Kier alpha value is -0.740. The number of rotatable bonds is 7. The van der Waals surface area contributed by atoms with Crippen molar-refractivity contribution in [3.8, 4) is 0 Å². The smallest absolute Gasteiger partial charge is 0.138 e. The van der Waals surface area contributed by atoms with Crippen molar-refractivity contribution in [1.29, 1.82) is 0 Å². The minimum atomic E-state index is -0.309. The van der Waals surface area contributed by atoms with Gasteiger partial charge in [-0.05, 0) is 36.9 Å². The maximum Gasteiger partial charge on any atom is 0.138 e. The Labute approximate surface area is 116 Å². The first kappa shape index (κ1) is 15.3. The number of hydrogen-bond donors (Lipinski definition) is 0. The number of benzene rings is 1. The van der Waals surface area contributed by atoms with E-state index in [1.807, 2.05) is 0 Å². The van der Waals surface area contributed by atoms with Crippen LogP contribution in [-0.4, -0.2) is 30.3 Å². The molecule has 100 valence electrons. The lowest BCUT2D eigenvalue weighted by molar-refractivity contribution is -0.118. The molecule has 1 rings (SSSR count). The summed E-state index contributed by atoms with van der Waals surface area (Å²) in [6, 6.07) is 4.60. The fourth-order valence-electron chi connectivity index (χ4n) is 1.85. The molecule has 18 heavy (non-hydrogen) atoms. The second-order valence-corrected chi connectivity index (χ2v) is 5.19. The second kappa shape index (κ2) is 7.64. The fraction of sp³-hybridized carbons (Fsp3) is 0.500. The van der Waals surface area contributed by atoms with E-state index in [9.17, 15) is 9.18 Å². The minimum Gasteiger partial charge on any atom is -0.303 e. The third-order valence-corrected chi connectivity index (χ3v) is 3.38. The Morgan fingerprint density at radius 2 is 1.94 bits per heavy atom. The van der Waals surface area contributed by atoms with Gasteiger partial charge in [0.25, 0.3) is 0 Å². The van der Waals surface area contributed by atoms with Gasteiger partial charge < -0.3 is 4.90 Å². The van der Waals surface area contributed by atoms with Crippen molar-refractivity contribution < 1.29 is 9.18 Å². The summed E-state index contributed by atoms with van der Waals surface area (Å²) >= 11 is 3.23. The molecule has 0 saturated carbocycles. The zero-order valence-electron chi connectivity index (χ0n) is 10.9. The van der Waals surface area contributed by atoms with Gasteiger partial charge in [0.1, 0.15) is 11.6 Å². The van der Waals surface area contributed by atoms with E-state index < -0.39 is 0 Å². The third kappa shape index (κ3) is 5.27. The van der Waals surface area contributed by atoms with Crippen LogP contribution in [-0.2, 0) is 11.2 Å². The molecule has 0 fully saturated rings. The van der Waals surface area contributed by atoms with Crippen molar-refractivity contribution in [2.45, 2.75) is 26.7 Å². The van der Waals surface area contributed by atoms with Crippen molar-refractivity contribution in [1.82, 2.24) is 4.90 Å². The Morgan fingerprint density at radius 3 is 2.50 bits per heavy atom. The Bertz CT molecular complexity index is 385. The lowest BCUT2D eigenvalue weighted by Crippen LogP contribution is -2.26. The molecule has 2 nitrogen and oxygen atoms in total. The molecular formula is C14H19BrFNO. The Balaban J connectivity index is 2.49. The van der Waals surface area contributed by atoms with Crippen molar-refractivity contribution in [3.63, 3.8) is 0 Å². The Morgan fingerprint density at radius 1 is 1.28 bits per heavy atom. The Kier molecular flexibility index (Phi) is 6.50. The van der Waals surface area contributed by atoms with E-state index in [1.165, 1.54) is 12.1 Å². The maximum absolute atomic E-state index is 13.2. The highest BCUT2D eigenvalue weighted by molar-refractivity contribution is 9.10. The van der Waals surface area contributed by atoms with Gasteiger partial charge in [-0.2, -0.15) is 0 Å². The van der Waals surface area contributed by atoms with E-state index in [2.05, 4.69) is 34.7 Å². The average Bonchev–Trinajstić information content (AvgIpc) is 2.28. The summed E-state index contributed by atoms with van der Waals surface area (Å²) in [7, 11) is 0. The molecule has 0 radical (unpaired) electrons. The standard InChI is InChI=1S/C14H19BrFNO/c1-3-17(4-2)6-5-14(18)9-11-7-12(15)10-13(16)8-11/h7-8,10H,3-6,9H2,1-2H3. The lowest BCUT2D eigenvalue weighted by atomic mass is 10.1. The van der Waals surface area contributed by atoms with Gasteiger partial charge in [0, 0.05) is 23.9 Å². The van der Waals surface area contributed by atoms with Crippen LogP contribution >= 0.6 is 15.9 Å². The highest BCUT2D eigenvalue weighted by atomic mass is 79.9. The molecule has 0 heterocycles. The SMILES string of the molecule is CCN(CC)CCC(=O)Cc1cc(F)cc(Br)c1. The number of carbonyl (C=O) groups excluding carboxylic acids is 1. The highest BCUT2D eigenvalue weighted by Crippen LogP contribution is 2.15. The average molecular weight is 316 g/mol. The van der Waals surface area contributed by atoms with Crippen LogP contribution in [0, 0.1) is 5.82 Å². The first-order valence-electron chi connectivity index (χ1n) is 6.24. The van der Waals surface area contributed by atoms with Gasteiger partial charge in [-0.1, -0.05) is 29.8 Å². The van der Waals surface area contributed by atoms with Crippen molar-refractivity contribution >= 4 is 21.7 Å². The topological polar surface area (TPSA) is 20.3 Å². The molecule has 0 amide bonds. The predicted octanol–water partition coefficient (Wildman–Crippen LogP) is 3.43. The first-order chi connectivity index (χ1) is 8.55. The second-order valence-electron chi connectivity index (χ2n) is 4.27. The molecule has 0 bridgehead atoms. The van der Waals surface area contributed by atoms with Crippen LogP contribution in [0.2, 0.25) is 0 Å². The van der Waals surface area contributed by atoms with Gasteiger partial charge in [0.2, 0.25) is 0 Å². The highest BCUT2D eigenvalue weighted by Gasteiger charge is 2.08. The van der Waals surface area contributed by atoms with Gasteiger partial charge in [-0.15, -0.1) is 0 Å². The van der Waals surface area contributed by atoms with Gasteiger partial charge in [0.15, 0.2) is 0 Å². The van der Waals surface area contributed by atoms with E-state index >= 15 is 0 Å². The third-order valence-electron chi connectivity index (χ3n) is 2.92. The van der Waals surface area contributed by atoms with E-state index in [4.69, 9.17) is 0 Å². The largest absolute Gasteiger partial charge is 0.303 e. The van der Waals surface area contributed by atoms with Gasteiger partial charge in [-0.25, -0.2) is 4.39 Å². The molecule has 0 spiro atoms. The number of ketones is 1. The van der Waals surface area contributed by atoms with Gasteiger partial charge in [-0.3, -0.25) is 4.79 Å². The number of nitrogens with zero attached hydrogens (tertiary/aromatic N) is 1. The van der Waals surface area contributed by atoms with Gasteiger partial charge >= 0.3 is 0 Å². The normalized spacial score (nSPS) is 10.9. The van der Waals surface area contributed by atoms with E-state index in [-0.39, 0.29) is 11.6 Å². The maximum atomic E-state index is 13.2. The van der Waals surface area contributed by atoms with Crippen LogP contribution < -0.4 is 0 Å². The molecule has 0 atom stereocenters. The van der Waals surface area contributed by atoms with Crippen LogP contribution in [0.15, 0.2) is 22.7 Å². The van der Waals surface area contributed by atoms with E-state index in [0.29, 0.717) is 17.3 Å². The van der Waals surface area contributed by atoms with Crippen molar-refractivity contribution in [3.05, 3.63) is 34.1 Å². The molecule has 0 unspecified atom stereocenters. The van der Waals surface area contributed by atoms with Crippen molar-refractivity contribution in [2.24, 2.45) is 0 Å². The summed E-state index contributed by atoms with van der Waals surface area (Å²) < 4.78 is 13.8. The molecule has 1 aromatic carbocycles. The number of hydrogen-bond acceptors (Lipinski definition) is 2. The van der Waals surface area contributed by atoms with Crippen LogP contribution in [0.25, 0.3) is 0 Å². The quantitative estimate of drug-likeness (QED) is 0.768. The van der Waals surface area contributed by atoms with Crippen LogP contribution in [0.3, 0.4) is 0 Å². The molecule has 0 aromatic heterocycles. The number of Topliss-reactive ketones (excluding diaryl/α,β-unsaturated/α-hetero) is 1. The molecule has 0 saturated heterocycles. The molecule has 0 aliphatic rings. The molecule has 4 heteroatoms. The predicted molar refractivity (Wildman–Crippen MR) is 75.2 cm³/mol. The van der Waals surface area contributed by atoms with Gasteiger partial charge in [0.05, 0.1) is 0 Å². The summed E-state index contributed by atoms with van der Waals surface area (Å²) in [6.07, 6.45) is 0.827. The minimum absolute atomic E-state index is 0.152. The van der Waals surface area contributed by atoms with Crippen LogP contribution in [0.4, 0.5) is 4.39 Å². The summed E-state index contributed by atoms with van der Waals surface area (Å²) in [6.45, 7) is 6.85. The zero-order chi connectivity index (χ0) is 13.5. The summed E-state index contributed by atoms with van der Waals surface area (Å²) in [5.74, 6) is -0.157. The number of halogens is 2. The molecular weight excluding hydrogens is 297 g/mol. The fourth-order valence-corrected chi connectivity index (χ4v) is 2.36. The zero-order valence-corrected chi connectivity index (χ0v) is 12.5. The van der Waals surface area contributed by atoms with Crippen LogP contribution in [0.5, 0.6) is 0 Å². The molecule has 0 aliphatic heterocycles. The summed E-state index contributed by atoms with van der Waals surface area (Å²) in [5, 5.41) is 0. The van der Waals surface area contributed by atoms with E-state index in [1.54, 1.807) is 6.07 Å². The molecule has 0 aliphatic carbocycles. The monoisotopic (exact) mass is 315 g/mol. The summed E-state index contributed by atoms with van der Waals surface area (Å²) in [5.41, 5.74) is 0.728. The first-order valence-corrected chi connectivity index (χ1v) is 7.03. The molecule has 1 aromatic rings. The van der Waals surface area contributed by atoms with Crippen LogP contribution in [0.1, 0.15) is 25.8 Å². The summed E-state index contributed by atoms with van der Waals surface area (Å²) in [4.78, 5) is 14.0. The van der Waals surface area contributed by atoms with E-state index in [0.717, 1.165) is 25.2 Å².